The van der Waals surface area contributed by atoms with Crippen LogP contribution in [0.4, 0.5) is 0 Å². The molecule has 1 heterocycles. The van der Waals surface area contributed by atoms with Crippen LogP contribution in [0.5, 0.6) is 11.5 Å². The maximum atomic E-state index is 11.6. The number of ether oxygens (including phenoxy) is 3. The molecule has 0 aliphatic carbocycles. The zero-order chi connectivity index (χ0) is 12.4. The molecule has 0 radical (unpaired) electrons. The fourth-order valence-corrected chi connectivity index (χ4v) is 1.97. The Balaban J connectivity index is 2.29. The number of halogens is 1. The van der Waals surface area contributed by atoms with Gasteiger partial charge in [0.1, 0.15) is 0 Å². The van der Waals surface area contributed by atoms with Crippen LogP contribution in [-0.4, -0.2) is 19.4 Å². The molecule has 1 aliphatic rings. The van der Waals surface area contributed by atoms with Crippen molar-refractivity contribution in [2.45, 2.75) is 19.2 Å². The van der Waals surface area contributed by atoms with Crippen LogP contribution in [0, 0.1) is 6.92 Å². The van der Waals surface area contributed by atoms with Gasteiger partial charge in [0.25, 0.3) is 0 Å². The molecule has 0 amide bonds. The molecular formula is C12H13ClO4. The first-order chi connectivity index (χ1) is 8.13. The minimum Gasteiger partial charge on any atom is -0.465 e. The van der Waals surface area contributed by atoms with Crippen LogP contribution < -0.4 is 9.47 Å². The average Bonchev–Trinajstić information content (AvgIpc) is 2.74. The van der Waals surface area contributed by atoms with Crippen molar-refractivity contribution in [3.05, 3.63) is 23.3 Å². The van der Waals surface area contributed by atoms with E-state index in [1.165, 1.54) is 0 Å². The standard InChI is InChI=1S/C12H13ClO4/c1-3-15-12(14)11(13)8-5-10-9(4-7(8)2)16-6-17-10/h4-5,11H,3,6H2,1-2H3. The predicted molar refractivity (Wildman–Crippen MR) is 62.5 cm³/mol. The van der Waals surface area contributed by atoms with Crippen LogP contribution in [0.3, 0.4) is 0 Å². The molecule has 0 fully saturated rings. The van der Waals surface area contributed by atoms with Crippen molar-refractivity contribution in [3.63, 3.8) is 0 Å². The molecule has 0 saturated heterocycles. The number of rotatable bonds is 3. The number of benzene rings is 1. The smallest absolute Gasteiger partial charge is 0.328 e. The molecule has 4 nitrogen and oxygen atoms in total. The van der Waals surface area contributed by atoms with E-state index in [-0.39, 0.29) is 6.79 Å². The number of hydrogen-bond donors (Lipinski definition) is 0. The molecule has 0 aromatic heterocycles. The molecule has 0 bridgehead atoms. The lowest BCUT2D eigenvalue weighted by molar-refractivity contribution is -0.142. The molecule has 5 heteroatoms. The first-order valence-electron chi connectivity index (χ1n) is 5.34. The van der Waals surface area contributed by atoms with Crippen LogP contribution in [0.25, 0.3) is 0 Å². The van der Waals surface area contributed by atoms with Crippen LogP contribution in [0.2, 0.25) is 0 Å². The van der Waals surface area contributed by atoms with Crippen LogP contribution in [0.15, 0.2) is 12.1 Å². The van der Waals surface area contributed by atoms with Gasteiger partial charge in [0.05, 0.1) is 6.61 Å². The number of fused-ring (bicyclic) bond motifs is 1. The van der Waals surface area contributed by atoms with Crippen LogP contribution in [0.1, 0.15) is 23.4 Å². The highest BCUT2D eigenvalue weighted by Gasteiger charge is 2.24. The zero-order valence-electron chi connectivity index (χ0n) is 9.66. The summed E-state index contributed by atoms with van der Waals surface area (Å²) in [5.41, 5.74) is 1.57. The van der Waals surface area contributed by atoms with Crippen molar-refractivity contribution in [1.29, 1.82) is 0 Å². The van der Waals surface area contributed by atoms with Gasteiger partial charge in [-0.2, -0.15) is 0 Å². The maximum Gasteiger partial charge on any atom is 0.328 e. The van der Waals surface area contributed by atoms with Gasteiger partial charge in [0, 0.05) is 0 Å². The zero-order valence-corrected chi connectivity index (χ0v) is 10.4. The van der Waals surface area contributed by atoms with E-state index in [0.717, 1.165) is 5.56 Å². The summed E-state index contributed by atoms with van der Waals surface area (Å²) in [7, 11) is 0. The highest BCUT2D eigenvalue weighted by atomic mass is 35.5. The summed E-state index contributed by atoms with van der Waals surface area (Å²) in [5.74, 6) is 0.843. The monoisotopic (exact) mass is 256 g/mol. The maximum absolute atomic E-state index is 11.6. The first-order valence-corrected chi connectivity index (χ1v) is 5.78. The molecule has 1 aromatic carbocycles. The van der Waals surface area contributed by atoms with E-state index in [9.17, 15) is 4.79 Å². The van der Waals surface area contributed by atoms with E-state index in [1.807, 2.05) is 13.0 Å². The van der Waals surface area contributed by atoms with Gasteiger partial charge in [-0.1, -0.05) is 0 Å². The molecule has 1 atom stereocenters. The number of carbonyl (C=O) groups excluding carboxylic acids is 1. The van der Waals surface area contributed by atoms with E-state index in [2.05, 4.69) is 0 Å². The predicted octanol–water partition coefficient (Wildman–Crippen LogP) is 2.57. The van der Waals surface area contributed by atoms with Gasteiger partial charge < -0.3 is 14.2 Å². The van der Waals surface area contributed by atoms with Gasteiger partial charge in [-0.3, -0.25) is 4.79 Å². The molecule has 2 rings (SSSR count). The van der Waals surface area contributed by atoms with E-state index in [4.69, 9.17) is 25.8 Å². The summed E-state index contributed by atoms with van der Waals surface area (Å²) in [6.45, 7) is 4.12. The number of carbonyl (C=O) groups is 1. The fraction of sp³-hybridized carbons (Fsp3) is 0.417. The molecule has 0 saturated carbocycles. The third kappa shape index (κ3) is 2.31. The normalized spacial score (nSPS) is 14.5. The summed E-state index contributed by atoms with van der Waals surface area (Å²) in [5, 5.41) is -0.815. The molecule has 92 valence electrons. The molecule has 1 aromatic rings. The number of alkyl halides is 1. The second-order valence-electron chi connectivity index (χ2n) is 3.68. The molecule has 17 heavy (non-hydrogen) atoms. The van der Waals surface area contributed by atoms with Gasteiger partial charge in [-0.15, -0.1) is 11.6 Å². The van der Waals surface area contributed by atoms with Crippen molar-refractivity contribution in [1.82, 2.24) is 0 Å². The van der Waals surface area contributed by atoms with Crippen molar-refractivity contribution in [3.8, 4) is 11.5 Å². The quantitative estimate of drug-likeness (QED) is 0.616. The van der Waals surface area contributed by atoms with Crippen LogP contribution in [-0.2, 0) is 9.53 Å². The fourth-order valence-electron chi connectivity index (χ4n) is 1.67. The van der Waals surface area contributed by atoms with Crippen molar-refractivity contribution in [2.75, 3.05) is 13.4 Å². The largest absolute Gasteiger partial charge is 0.465 e. The summed E-state index contributed by atoms with van der Waals surface area (Å²) in [4.78, 5) is 11.6. The van der Waals surface area contributed by atoms with Crippen LogP contribution >= 0.6 is 11.6 Å². The molecule has 0 N–H and O–H groups in total. The lowest BCUT2D eigenvalue weighted by Crippen LogP contribution is -2.12. The van der Waals surface area contributed by atoms with E-state index in [0.29, 0.717) is 23.7 Å². The number of hydrogen-bond acceptors (Lipinski definition) is 4. The minimum atomic E-state index is -0.815. The third-order valence-corrected chi connectivity index (χ3v) is 2.94. The summed E-state index contributed by atoms with van der Waals surface area (Å²) in [6, 6.07) is 3.54. The van der Waals surface area contributed by atoms with E-state index < -0.39 is 11.3 Å². The summed E-state index contributed by atoms with van der Waals surface area (Å²) >= 11 is 6.07. The van der Waals surface area contributed by atoms with Gasteiger partial charge in [-0.05, 0) is 37.1 Å². The topological polar surface area (TPSA) is 44.8 Å². The van der Waals surface area contributed by atoms with Crippen molar-refractivity contribution >= 4 is 17.6 Å². The average molecular weight is 257 g/mol. The Kier molecular flexibility index (Phi) is 3.43. The minimum absolute atomic E-state index is 0.199. The Hall–Kier alpha value is -1.42. The number of esters is 1. The lowest BCUT2D eigenvalue weighted by atomic mass is 10.0. The van der Waals surface area contributed by atoms with Gasteiger partial charge >= 0.3 is 5.97 Å². The molecule has 1 aliphatic heterocycles. The van der Waals surface area contributed by atoms with E-state index >= 15 is 0 Å². The Morgan fingerprint density at radius 2 is 2.12 bits per heavy atom. The third-order valence-electron chi connectivity index (χ3n) is 2.53. The highest BCUT2D eigenvalue weighted by Crippen LogP contribution is 2.38. The second-order valence-corrected chi connectivity index (χ2v) is 4.11. The SMILES string of the molecule is CCOC(=O)C(Cl)c1cc2c(cc1C)OCO2. The molecule has 1 unspecified atom stereocenters. The van der Waals surface area contributed by atoms with E-state index in [1.54, 1.807) is 13.0 Å². The Morgan fingerprint density at radius 1 is 1.47 bits per heavy atom. The van der Waals surface area contributed by atoms with Gasteiger partial charge in [-0.25, -0.2) is 0 Å². The lowest BCUT2D eigenvalue weighted by Gasteiger charge is -2.12. The first kappa shape index (κ1) is 12.0. The number of aryl methyl sites for hydroxylation is 1. The summed E-state index contributed by atoms with van der Waals surface area (Å²) in [6.07, 6.45) is 0. The van der Waals surface area contributed by atoms with Gasteiger partial charge in [0.15, 0.2) is 16.9 Å². The van der Waals surface area contributed by atoms with Crippen molar-refractivity contribution in [2.24, 2.45) is 0 Å². The summed E-state index contributed by atoms with van der Waals surface area (Å²) < 4.78 is 15.4. The van der Waals surface area contributed by atoms with Gasteiger partial charge in [0.2, 0.25) is 6.79 Å². The second kappa shape index (κ2) is 4.84. The Bertz CT molecular complexity index is 444. The Morgan fingerprint density at radius 3 is 2.76 bits per heavy atom. The highest BCUT2D eigenvalue weighted by molar-refractivity contribution is 6.30. The Labute approximate surface area is 104 Å². The molecular weight excluding hydrogens is 244 g/mol. The molecule has 0 spiro atoms. The van der Waals surface area contributed by atoms with Crippen molar-refractivity contribution < 1.29 is 19.0 Å².